The Morgan fingerprint density at radius 2 is 1.76 bits per heavy atom. The Morgan fingerprint density at radius 3 is 2.24 bits per heavy atom. The van der Waals surface area contributed by atoms with Crippen molar-refractivity contribution in [2.45, 2.75) is 25.0 Å². The Kier molecular flexibility index (Phi) is 3.43. The van der Waals surface area contributed by atoms with Crippen LogP contribution in [-0.4, -0.2) is 29.1 Å². The van der Waals surface area contributed by atoms with Crippen molar-refractivity contribution in [2.24, 2.45) is 0 Å². The summed E-state index contributed by atoms with van der Waals surface area (Å²) in [5.74, 6) is -0.813. The van der Waals surface area contributed by atoms with E-state index in [1.165, 1.54) is 7.05 Å². The summed E-state index contributed by atoms with van der Waals surface area (Å²) in [4.78, 5) is 12.7. The number of benzene rings is 1. The number of aliphatic hydroxyl groups excluding tert-OH is 1. The Balaban J connectivity index is 2.65. The third-order valence-electron chi connectivity index (χ3n) is 3.18. The topological polar surface area (TPSA) is 40.5 Å². The van der Waals surface area contributed by atoms with Gasteiger partial charge in [0.1, 0.15) is 0 Å². The van der Waals surface area contributed by atoms with Gasteiger partial charge in [0.25, 0.3) is 5.91 Å². The molecule has 0 spiro atoms. The first-order valence-corrected chi connectivity index (χ1v) is 5.67. The van der Waals surface area contributed by atoms with Crippen molar-refractivity contribution in [3.05, 3.63) is 34.4 Å². The molecule has 2 rings (SSSR count). The maximum Gasteiger partial charge on any atom is 0.418 e. The number of alkyl halides is 6. The van der Waals surface area contributed by atoms with E-state index < -0.39 is 41.1 Å². The molecule has 0 saturated carbocycles. The number of hydrogen-bond donors (Lipinski definition) is 1. The van der Waals surface area contributed by atoms with Gasteiger partial charge in [0.05, 0.1) is 5.56 Å². The molecule has 1 aromatic carbocycles. The molecule has 1 aliphatic rings. The Morgan fingerprint density at radius 1 is 1.19 bits per heavy atom. The lowest BCUT2D eigenvalue weighted by atomic mass is 9.96. The van der Waals surface area contributed by atoms with Gasteiger partial charge >= 0.3 is 12.4 Å². The third-order valence-corrected chi connectivity index (χ3v) is 3.18. The van der Waals surface area contributed by atoms with Gasteiger partial charge < -0.3 is 10.0 Å². The zero-order valence-electron chi connectivity index (χ0n) is 10.5. The van der Waals surface area contributed by atoms with Gasteiger partial charge in [0.15, 0.2) is 6.10 Å². The van der Waals surface area contributed by atoms with Gasteiger partial charge in [-0.2, -0.15) is 26.3 Å². The van der Waals surface area contributed by atoms with Crippen LogP contribution in [0.15, 0.2) is 12.1 Å². The lowest BCUT2D eigenvalue weighted by molar-refractivity contribution is -0.207. The van der Waals surface area contributed by atoms with Gasteiger partial charge in [0.2, 0.25) is 0 Å². The molecule has 0 aromatic heterocycles. The Hall–Kier alpha value is -1.77. The Labute approximate surface area is 114 Å². The largest absolute Gasteiger partial charge is 0.418 e. The molecule has 1 aromatic rings. The van der Waals surface area contributed by atoms with Crippen LogP contribution in [-0.2, 0) is 12.7 Å². The number of aliphatic hydroxyl groups is 1. The fourth-order valence-corrected chi connectivity index (χ4v) is 2.17. The van der Waals surface area contributed by atoms with Gasteiger partial charge in [-0.3, -0.25) is 4.79 Å². The molecule has 1 amide bonds. The van der Waals surface area contributed by atoms with Crippen LogP contribution in [0.25, 0.3) is 0 Å². The molecule has 0 fully saturated rings. The second-order valence-electron chi connectivity index (χ2n) is 4.70. The smallest absolute Gasteiger partial charge is 0.379 e. The molecule has 0 bridgehead atoms. The highest BCUT2D eigenvalue weighted by Gasteiger charge is 2.44. The minimum atomic E-state index is -5.12. The predicted octanol–water partition coefficient (Wildman–Crippen LogP) is 2.89. The molecule has 116 valence electrons. The summed E-state index contributed by atoms with van der Waals surface area (Å²) in [5, 5.41) is 9.11. The molecule has 1 heterocycles. The number of carbonyl (C=O) groups excluding carboxylic acids is 1. The van der Waals surface area contributed by atoms with E-state index in [1.807, 2.05) is 0 Å². The van der Waals surface area contributed by atoms with Crippen LogP contribution >= 0.6 is 0 Å². The average Bonchev–Trinajstić information content (AvgIpc) is 2.61. The molecule has 0 saturated heterocycles. The average molecular weight is 313 g/mol. The van der Waals surface area contributed by atoms with Crippen LogP contribution < -0.4 is 0 Å². The maximum atomic E-state index is 12.9. The van der Waals surface area contributed by atoms with E-state index in [1.54, 1.807) is 0 Å². The molecule has 1 N–H and O–H groups in total. The number of halogens is 6. The van der Waals surface area contributed by atoms with Gasteiger partial charge in [-0.05, 0) is 23.3 Å². The molecule has 1 unspecified atom stereocenters. The molecule has 1 atom stereocenters. The summed E-state index contributed by atoms with van der Waals surface area (Å²) in [6.07, 6.45) is -13.1. The zero-order chi connectivity index (χ0) is 16.2. The fourth-order valence-electron chi connectivity index (χ4n) is 2.17. The second-order valence-corrected chi connectivity index (χ2v) is 4.70. The first-order valence-electron chi connectivity index (χ1n) is 5.67. The predicted molar refractivity (Wildman–Crippen MR) is 58.3 cm³/mol. The van der Waals surface area contributed by atoms with Crippen molar-refractivity contribution in [1.82, 2.24) is 4.90 Å². The first kappa shape index (κ1) is 15.6. The first-order chi connectivity index (χ1) is 9.43. The van der Waals surface area contributed by atoms with Crippen molar-refractivity contribution in [3.63, 3.8) is 0 Å². The van der Waals surface area contributed by atoms with Crippen LogP contribution in [0.1, 0.15) is 33.2 Å². The summed E-state index contributed by atoms with van der Waals surface area (Å²) in [6.45, 7) is -0.342. The lowest BCUT2D eigenvalue weighted by Crippen LogP contribution is -2.22. The molecule has 21 heavy (non-hydrogen) atoms. The molecule has 3 nitrogen and oxygen atoms in total. The highest BCUT2D eigenvalue weighted by atomic mass is 19.4. The monoisotopic (exact) mass is 313 g/mol. The minimum Gasteiger partial charge on any atom is -0.379 e. The van der Waals surface area contributed by atoms with Crippen LogP contribution in [0.2, 0.25) is 0 Å². The summed E-state index contributed by atoms with van der Waals surface area (Å²) < 4.78 is 76.2. The van der Waals surface area contributed by atoms with E-state index in [0.29, 0.717) is 6.07 Å². The van der Waals surface area contributed by atoms with Crippen LogP contribution in [0.3, 0.4) is 0 Å². The minimum absolute atomic E-state index is 0.240. The molecule has 0 radical (unpaired) electrons. The third kappa shape index (κ3) is 2.69. The molecule has 9 heteroatoms. The quantitative estimate of drug-likeness (QED) is 0.810. The van der Waals surface area contributed by atoms with E-state index in [2.05, 4.69) is 0 Å². The lowest BCUT2D eigenvalue weighted by Gasteiger charge is -2.18. The van der Waals surface area contributed by atoms with E-state index in [4.69, 9.17) is 5.11 Å². The summed E-state index contributed by atoms with van der Waals surface area (Å²) >= 11 is 0. The van der Waals surface area contributed by atoms with Crippen molar-refractivity contribution >= 4 is 5.91 Å². The van der Waals surface area contributed by atoms with Gasteiger partial charge in [0, 0.05) is 19.2 Å². The molecular weight excluding hydrogens is 304 g/mol. The van der Waals surface area contributed by atoms with E-state index in [-0.39, 0.29) is 18.2 Å². The van der Waals surface area contributed by atoms with Crippen molar-refractivity contribution < 1.29 is 36.2 Å². The van der Waals surface area contributed by atoms with Gasteiger partial charge in [-0.15, -0.1) is 0 Å². The van der Waals surface area contributed by atoms with Crippen molar-refractivity contribution in [2.75, 3.05) is 7.05 Å². The molecule has 1 aliphatic heterocycles. The zero-order valence-corrected chi connectivity index (χ0v) is 10.5. The summed E-state index contributed by atoms with van der Waals surface area (Å²) in [6, 6.07) is 0.901. The van der Waals surface area contributed by atoms with Gasteiger partial charge in [-0.25, -0.2) is 0 Å². The van der Waals surface area contributed by atoms with Crippen LogP contribution in [0.5, 0.6) is 0 Å². The van der Waals surface area contributed by atoms with E-state index >= 15 is 0 Å². The van der Waals surface area contributed by atoms with E-state index in [9.17, 15) is 31.1 Å². The van der Waals surface area contributed by atoms with Crippen LogP contribution in [0.4, 0.5) is 26.3 Å². The SMILES string of the molecule is CN1Cc2c(cc(C(O)C(F)(F)F)cc2C(F)(F)F)C1=O. The standard InChI is InChI=1S/C12H9F6NO2/c1-19-4-7-6(10(19)21)2-5(9(20)12(16,17)18)3-8(7)11(13,14)15/h2-3,9,20H,4H2,1H3. The summed E-state index contributed by atoms with van der Waals surface area (Å²) in [5.41, 5.74) is -3.19. The second kappa shape index (κ2) is 4.62. The highest BCUT2D eigenvalue weighted by molar-refractivity contribution is 5.98. The van der Waals surface area contributed by atoms with Crippen LogP contribution in [0, 0.1) is 0 Å². The van der Waals surface area contributed by atoms with E-state index in [0.717, 1.165) is 4.90 Å². The van der Waals surface area contributed by atoms with Crippen molar-refractivity contribution in [1.29, 1.82) is 0 Å². The number of fused-ring (bicyclic) bond motifs is 1. The Bertz CT molecular complexity index is 593. The van der Waals surface area contributed by atoms with Gasteiger partial charge in [-0.1, -0.05) is 0 Å². The number of nitrogens with zero attached hydrogens (tertiary/aromatic N) is 1. The normalized spacial score (nSPS) is 17.1. The molecular formula is C12H9F6NO2. The molecule has 0 aliphatic carbocycles. The number of carbonyl (C=O) groups is 1. The maximum absolute atomic E-state index is 12.9. The number of rotatable bonds is 1. The number of amides is 1. The highest BCUT2D eigenvalue weighted by Crippen LogP contribution is 2.41. The summed E-state index contributed by atoms with van der Waals surface area (Å²) in [7, 11) is 1.24. The van der Waals surface area contributed by atoms with Crippen molar-refractivity contribution in [3.8, 4) is 0 Å². The fraction of sp³-hybridized carbons (Fsp3) is 0.417. The number of hydrogen-bond acceptors (Lipinski definition) is 2.